The fourth-order valence-electron chi connectivity index (χ4n) is 4.02. The third-order valence-corrected chi connectivity index (χ3v) is 6.00. The van der Waals surface area contributed by atoms with Gasteiger partial charge in [0.15, 0.2) is 5.13 Å². The van der Waals surface area contributed by atoms with Gasteiger partial charge in [0, 0.05) is 17.3 Å². The van der Waals surface area contributed by atoms with Crippen LogP contribution in [0.3, 0.4) is 0 Å². The van der Waals surface area contributed by atoms with Gasteiger partial charge in [-0.3, -0.25) is 9.59 Å². The number of ether oxygens (including phenoxy) is 1. The van der Waals surface area contributed by atoms with Crippen LogP contribution in [-0.2, 0) is 20.7 Å². The standard InChI is InChI=1S/C17H25N3O3S/c1-2-23-14(21)8-13-9-24-17(19-13)20-16(22)12-6-10-4-3-5-11(7-12)15(10)18/h9-12,15H,2-8,18H2,1H3,(H,19,20,22). The SMILES string of the molecule is CCOC(=O)Cc1csc(NC(=O)C2CC3CCCC(C2)C3N)n1. The summed E-state index contributed by atoms with van der Waals surface area (Å²) in [7, 11) is 0. The van der Waals surface area contributed by atoms with E-state index in [-0.39, 0.29) is 30.3 Å². The molecule has 2 unspecified atom stereocenters. The zero-order chi connectivity index (χ0) is 17.1. The smallest absolute Gasteiger partial charge is 0.311 e. The van der Waals surface area contributed by atoms with Crippen molar-refractivity contribution in [2.24, 2.45) is 23.5 Å². The number of fused-ring (bicyclic) bond motifs is 2. The molecule has 132 valence electrons. The van der Waals surface area contributed by atoms with Gasteiger partial charge in [0.2, 0.25) is 5.91 Å². The van der Waals surface area contributed by atoms with Crippen LogP contribution in [0.5, 0.6) is 0 Å². The summed E-state index contributed by atoms with van der Waals surface area (Å²) in [5.41, 5.74) is 6.92. The van der Waals surface area contributed by atoms with Crippen LogP contribution in [0.25, 0.3) is 0 Å². The molecule has 1 heterocycles. The largest absolute Gasteiger partial charge is 0.466 e. The molecule has 0 aromatic carbocycles. The number of amides is 1. The Kier molecular flexibility index (Phi) is 5.50. The molecule has 2 aliphatic carbocycles. The maximum atomic E-state index is 12.6. The van der Waals surface area contributed by atoms with E-state index in [9.17, 15) is 9.59 Å². The van der Waals surface area contributed by atoms with E-state index in [1.807, 2.05) is 0 Å². The maximum absolute atomic E-state index is 12.6. The van der Waals surface area contributed by atoms with E-state index in [1.54, 1.807) is 12.3 Å². The number of thiazole rings is 1. The van der Waals surface area contributed by atoms with Gasteiger partial charge in [-0.1, -0.05) is 6.42 Å². The van der Waals surface area contributed by atoms with Gasteiger partial charge in [-0.05, 0) is 44.4 Å². The highest BCUT2D eigenvalue weighted by molar-refractivity contribution is 7.13. The molecule has 0 radical (unpaired) electrons. The molecule has 2 saturated carbocycles. The Morgan fingerprint density at radius 3 is 2.75 bits per heavy atom. The molecule has 1 aromatic rings. The summed E-state index contributed by atoms with van der Waals surface area (Å²) in [6, 6.07) is 0.263. The molecule has 0 spiro atoms. The van der Waals surface area contributed by atoms with Crippen LogP contribution in [0.15, 0.2) is 5.38 Å². The number of anilines is 1. The summed E-state index contributed by atoms with van der Waals surface area (Å²) in [5.74, 6) is 0.718. The molecule has 6 nitrogen and oxygen atoms in total. The van der Waals surface area contributed by atoms with Gasteiger partial charge < -0.3 is 15.8 Å². The molecule has 7 heteroatoms. The second-order valence-electron chi connectivity index (χ2n) is 6.81. The van der Waals surface area contributed by atoms with Gasteiger partial charge in [0.1, 0.15) is 0 Å². The van der Waals surface area contributed by atoms with Crippen molar-refractivity contribution >= 4 is 28.3 Å². The lowest BCUT2D eigenvalue weighted by atomic mass is 9.65. The van der Waals surface area contributed by atoms with Crippen LogP contribution in [0.2, 0.25) is 0 Å². The molecular formula is C17H25N3O3S. The zero-order valence-electron chi connectivity index (χ0n) is 14.0. The number of carbonyl (C=O) groups is 2. The zero-order valence-corrected chi connectivity index (χ0v) is 14.8. The summed E-state index contributed by atoms with van der Waals surface area (Å²) in [6.45, 7) is 2.13. The number of nitrogens with one attached hydrogen (secondary N) is 1. The summed E-state index contributed by atoms with van der Waals surface area (Å²) in [4.78, 5) is 28.4. The first kappa shape index (κ1) is 17.4. The first-order valence-electron chi connectivity index (χ1n) is 8.73. The summed E-state index contributed by atoms with van der Waals surface area (Å²) < 4.78 is 4.91. The molecule has 2 bridgehead atoms. The van der Waals surface area contributed by atoms with Gasteiger partial charge in [-0.2, -0.15) is 0 Å². The fourth-order valence-corrected chi connectivity index (χ4v) is 4.73. The minimum absolute atomic E-state index is 0.0255. The lowest BCUT2D eigenvalue weighted by Crippen LogP contribution is -2.48. The van der Waals surface area contributed by atoms with Crippen LogP contribution in [0, 0.1) is 17.8 Å². The van der Waals surface area contributed by atoms with Crippen molar-refractivity contribution in [2.75, 3.05) is 11.9 Å². The average molecular weight is 351 g/mol. The topological polar surface area (TPSA) is 94.3 Å². The van der Waals surface area contributed by atoms with E-state index in [1.165, 1.54) is 17.8 Å². The van der Waals surface area contributed by atoms with E-state index >= 15 is 0 Å². The van der Waals surface area contributed by atoms with Crippen LogP contribution < -0.4 is 11.1 Å². The molecule has 1 amide bonds. The van der Waals surface area contributed by atoms with Crippen molar-refractivity contribution < 1.29 is 14.3 Å². The normalized spacial score (nSPS) is 29.1. The van der Waals surface area contributed by atoms with Crippen molar-refractivity contribution in [3.05, 3.63) is 11.1 Å². The van der Waals surface area contributed by atoms with Crippen LogP contribution in [0.4, 0.5) is 5.13 Å². The number of esters is 1. The molecule has 0 aliphatic heterocycles. The van der Waals surface area contributed by atoms with Gasteiger partial charge in [-0.25, -0.2) is 4.98 Å². The van der Waals surface area contributed by atoms with Gasteiger partial charge in [-0.15, -0.1) is 11.3 Å². The van der Waals surface area contributed by atoms with E-state index in [2.05, 4.69) is 10.3 Å². The van der Waals surface area contributed by atoms with Crippen LogP contribution in [0.1, 0.15) is 44.7 Å². The minimum atomic E-state index is -0.297. The Hall–Kier alpha value is -1.47. The fraction of sp³-hybridized carbons (Fsp3) is 0.706. The monoisotopic (exact) mass is 351 g/mol. The highest BCUT2D eigenvalue weighted by Crippen LogP contribution is 2.42. The predicted molar refractivity (Wildman–Crippen MR) is 92.6 cm³/mol. The van der Waals surface area contributed by atoms with E-state index in [4.69, 9.17) is 10.5 Å². The molecule has 0 saturated heterocycles. The predicted octanol–water partition coefficient (Wildman–Crippen LogP) is 2.34. The van der Waals surface area contributed by atoms with Gasteiger partial charge >= 0.3 is 5.97 Å². The number of carbonyl (C=O) groups excluding carboxylic acids is 2. The third-order valence-electron chi connectivity index (χ3n) is 5.20. The second kappa shape index (κ2) is 7.61. The quantitative estimate of drug-likeness (QED) is 0.794. The lowest BCUT2D eigenvalue weighted by Gasteiger charge is -2.43. The van der Waals surface area contributed by atoms with Crippen LogP contribution >= 0.6 is 11.3 Å². The first-order chi connectivity index (χ1) is 11.6. The van der Waals surface area contributed by atoms with Crippen molar-refractivity contribution in [1.82, 2.24) is 4.98 Å². The van der Waals surface area contributed by atoms with E-state index in [0.29, 0.717) is 29.3 Å². The first-order valence-corrected chi connectivity index (χ1v) is 9.61. The number of hydrogen-bond acceptors (Lipinski definition) is 6. The summed E-state index contributed by atoms with van der Waals surface area (Å²) >= 11 is 1.35. The highest BCUT2D eigenvalue weighted by Gasteiger charge is 2.40. The van der Waals surface area contributed by atoms with E-state index in [0.717, 1.165) is 25.7 Å². The maximum Gasteiger partial charge on any atom is 0.311 e. The lowest BCUT2D eigenvalue weighted by molar-refractivity contribution is -0.142. The summed E-state index contributed by atoms with van der Waals surface area (Å²) in [5, 5.41) is 5.26. The average Bonchev–Trinajstić information content (AvgIpc) is 2.94. The molecule has 3 N–H and O–H groups in total. The number of hydrogen-bond donors (Lipinski definition) is 2. The Balaban J connectivity index is 1.55. The number of aromatic nitrogens is 1. The second-order valence-corrected chi connectivity index (χ2v) is 7.67. The molecular weight excluding hydrogens is 326 g/mol. The van der Waals surface area contributed by atoms with Crippen molar-refractivity contribution in [2.45, 2.75) is 51.5 Å². The highest BCUT2D eigenvalue weighted by atomic mass is 32.1. The van der Waals surface area contributed by atoms with Gasteiger partial charge in [0.05, 0.1) is 18.7 Å². The molecule has 2 atom stereocenters. The van der Waals surface area contributed by atoms with Gasteiger partial charge in [0.25, 0.3) is 0 Å². The number of nitrogens with two attached hydrogens (primary N) is 1. The number of nitrogens with zero attached hydrogens (tertiary/aromatic N) is 1. The Labute approximate surface area is 146 Å². The molecule has 3 rings (SSSR count). The van der Waals surface area contributed by atoms with Crippen molar-refractivity contribution in [3.63, 3.8) is 0 Å². The minimum Gasteiger partial charge on any atom is -0.466 e. The number of rotatable bonds is 5. The van der Waals surface area contributed by atoms with Crippen molar-refractivity contribution in [1.29, 1.82) is 0 Å². The Morgan fingerprint density at radius 1 is 1.38 bits per heavy atom. The van der Waals surface area contributed by atoms with E-state index < -0.39 is 0 Å². The van der Waals surface area contributed by atoms with Crippen molar-refractivity contribution in [3.8, 4) is 0 Å². The molecule has 1 aromatic heterocycles. The Morgan fingerprint density at radius 2 is 2.08 bits per heavy atom. The molecule has 24 heavy (non-hydrogen) atoms. The molecule has 2 fully saturated rings. The third kappa shape index (κ3) is 3.95. The van der Waals surface area contributed by atoms with Crippen LogP contribution in [-0.4, -0.2) is 29.5 Å². The summed E-state index contributed by atoms with van der Waals surface area (Å²) in [6.07, 6.45) is 5.42. The molecule has 2 aliphatic rings. The Bertz CT molecular complexity index is 590.